The second-order valence-corrected chi connectivity index (χ2v) is 2.32. The second kappa shape index (κ2) is 2.46. The highest BCUT2D eigenvalue weighted by Crippen LogP contribution is 2.13. The molecule has 0 fully saturated rings. The lowest BCUT2D eigenvalue weighted by Gasteiger charge is -1.94. The number of aromatic amines is 1. The number of aliphatic hydroxyl groups is 1. The summed E-state index contributed by atoms with van der Waals surface area (Å²) in [7, 11) is 0. The summed E-state index contributed by atoms with van der Waals surface area (Å²) in [5, 5.41) is 9.48. The Balaban J connectivity index is 2.89. The molecule has 0 aliphatic carbocycles. The van der Waals surface area contributed by atoms with Gasteiger partial charge in [0.1, 0.15) is 0 Å². The molecule has 0 spiro atoms. The van der Waals surface area contributed by atoms with E-state index in [1.807, 2.05) is 0 Å². The molecule has 2 aromatic rings. The van der Waals surface area contributed by atoms with Gasteiger partial charge >= 0.3 is 5.69 Å². The van der Waals surface area contributed by atoms with E-state index in [1.54, 1.807) is 6.07 Å². The van der Waals surface area contributed by atoms with Crippen LogP contribution in [0.5, 0.6) is 0 Å². The molecule has 2 aromatic heterocycles. The van der Waals surface area contributed by atoms with E-state index in [0.717, 1.165) is 0 Å². The SMILES string of the molecule is O=c1nc2occc2c(CO)[nH]1. The summed E-state index contributed by atoms with van der Waals surface area (Å²) in [5.74, 6) is 0. The van der Waals surface area contributed by atoms with E-state index in [-0.39, 0.29) is 12.3 Å². The van der Waals surface area contributed by atoms with Crippen LogP contribution >= 0.6 is 0 Å². The number of H-pyrrole nitrogens is 1. The minimum absolute atomic E-state index is 0.228. The van der Waals surface area contributed by atoms with Crippen LogP contribution < -0.4 is 5.69 Å². The zero-order valence-electron chi connectivity index (χ0n) is 6.07. The van der Waals surface area contributed by atoms with Crippen LogP contribution in [0, 0.1) is 0 Å². The first kappa shape index (κ1) is 7.05. The Hall–Kier alpha value is -1.62. The average molecular weight is 166 g/mol. The molecule has 0 unspecified atom stereocenters. The van der Waals surface area contributed by atoms with Gasteiger partial charge in [-0.3, -0.25) is 0 Å². The zero-order valence-corrected chi connectivity index (χ0v) is 6.07. The van der Waals surface area contributed by atoms with Gasteiger partial charge in [-0.05, 0) is 6.07 Å². The van der Waals surface area contributed by atoms with Crippen molar-refractivity contribution in [3.63, 3.8) is 0 Å². The predicted octanol–water partition coefficient (Wildman–Crippen LogP) is 0.00840. The molecule has 0 amide bonds. The topological polar surface area (TPSA) is 79.1 Å². The van der Waals surface area contributed by atoms with Crippen molar-refractivity contribution in [2.45, 2.75) is 6.61 Å². The molecule has 0 aromatic carbocycles. The van der Waals surface area contributed by atoms with Gasteiger partial charge in [-0.2, -0.15) is 4.98 Å². The zero-order chi connectivity index (χ0) is 8.55. The van der Waals surface area contributed by atoms with Crippen LogP contribution in [0.3, 0.4) is 0 Å². The van der Waals surface area contributed by atoms with Crippen LogP contribution in [-0.4, -0.2) is 15.1 Å². The summed E-state index contributed by atoms with van der Waals surface area (Å²) in [6, 6.07) is 1.64. The Labute approximate surface area is 66.7 Å². The van der Waals surface area contributed by atoms with Crippen molar-refractivity contribution in [3.05, 3.63) is 28.5 Å². The normalized spacial score (nSPS) is 10.8. The van der Waals surface area contributed by atoms with Crippen LogP contribution in [0.15, 0.2) is 21.5 Å². The molecule has 12 heavy (non-hydrogen) atoms. The summed E-state index contributed by atoms with van der Waals surface area (Å²) in [5.41, 5.74) is 0.169. The molecule has 0 saturated carbocycles. The Bertz CT molecular complexity index is 457. The largest absolute Gasteiger partial charge is 0.446 e. The predicted molar refractivity (Wildman–Crippen MR) is 40.6 cm³/mol. The van der Waals surface area contributed by atoms with E-state index in [9.17, 15) is 4.79 Å². The Kier molecular flexibility index (Phi) is 1.44. The number of nitrogens with one attached hydrogen (secondary N) is 1. The van der Waals surface area contributed by atoms with E-state index in [2.05, 4.69) is 9.97 Å². The van der Waals surface area contributed by atoms with Crippen molar-refractivity contribution < 1.29 is 9.52 Å². The third-order valence-electron chi connectivity index (χ3n) is 1.59. The Morgan fingerprint density at radius 3 is 3.25 bits per heavy atom. The summed E-state index contributed by atoms with van der Waals surface area (Å²) in [6.07, 6.45) is 1.42. The molecule has 0 saturated heterocycles. The van der Waals surface area contributed by atoms with Crippen molar-refractivity contribution in [1.29, 1.82) is 0 Å². The maximum absolute atomic E-state index is 10.8. The molecule has 2 rings (SSSR count). The number of hydrogen-bond donors (Lipinski definition) is 2. The van der Waals surface area contributed by atoms with Crippen LogP contribution in [0.1, 0.15) is 5.69 Å². The highest BCUT2D eigenvalue weighted by Gasteiger charge is 2.04. The van der Waals surface area contributed by atoms with Crippen LogP contribution in [0.25, 0.3) is 11.1 Å². The van der Waals surface area contributed by atoms with Crippen LogP contribution in [0.2, 0.25) is 0 Å². The van der Waals surface area contributed by atoms with Crippen LogP contribution in [0.4, 0.5) is 0 Å². The lowest BCUT2D eigenvalue weighted by atomic mass is 10.3. The first-order valence-electron chi connectivity index (χ1n) is 3.38. The summed E-state index contributed by atoms with van der Waals surface area (Å²) < 4.78 is 4.90. The van der Waals surface area contributed by atoms with Crippen molar-refractivity contribution >= 4 is 11.1 Å². The van der Waals surface area contributed by atoms with Gasteiger partial charge in [-0.1, -0.05) is 0 Å². The number of rotatable bonds is 1. The highest BCUT2D eigenvalue weighted by atomic mass is 16.3. The van der Waals surface area contributed by atoms with E-state index in [4.69, 9.17) is 9.52 Å². The first-order valence-corrected chi connectivity index (χ1v) is 3.38. The van der Waals surface area contributed by atoms with E-state index >= 15 is 0 Å². The summed E-state index contributed by atoms with van der Waals surface area (Å²) >= 11 is 0. The maximum Gasteiger partial charge on any atom is 0.348 e. The monoisotopic (exact) mass is 166 g/mol. The molecule has 62 valence electrons. The van der Waals surface area contributed by atoms with Crippen molar-refractivity contribution in [2.24, 2.45) is 0 Å². The lowest BCUT2D eigenvalue weighted by Crippen LogP contribution is -2.12. The van der Waals surface area contributed by atoms with Crippen molar-refractivity contribution in [2.75, 3.05) is 0 Å². The molecular formula is C7H6N2O3. The number of aromatic nitrogens is 2. The number of fused-ring (bicyclic) bond motifs is 1. The van der Waals surface area contributed by atoms with Gasteiger partial charge in [0.15, 0.2) is 0 Å². The molecule has 5 heteroatoms. The minimum atomic E-state index is -0.512. The standard InChI is InChI=1S/C7H6N2O3/c10-3-5-4-1-2-12-6(4)9-7(11)8-5/h1-2,10H,3H2,(H,8,9,11). The number of nitrogens with zero attached hydrogens (tertiary/aromatic N) is 1. The molecule has 0 atom stereocenters. The van der Waals surface area contributed by atoms with E-state index in [0.29, 0.717) is 11.1 Å². The fourth-order valence-electron chi connectivity index (χ4n) is 1.06. The van der Waals surface area contributed by atoms with Gasteiger partial charge < -0.3 is 14.5 Å². The summed E-state index contributed by atoms with van der Waals surface area (Å²) in [4.78, 5) is 16.8. The second-order valence-electron chi connectivity index (χ2n) is 2.32. The van der Waals surface area contributed by atoms with Gasteiger partial charge in [-0.25, -0.2) is 4.79 Å². The molecule has 5 nitrogen and oxygen atoms in total. The third-order valence-corrected chi connectivity index (χ3v) is 1.59. The third kappa shape index (κ3) is 0.911. The quantitative estimate of drug-likeness (QED) is 0.625. The fraction of sp³-hybridized carbons (Fsp3) is 0.143. The van der Waals surface area contributed by atoms with Crippen molar-refractivity contribution in [3.8, 4) is 0 Å². The number of hydrogen-bond acceptors (Lipinski definition) is 4. The summed E-state index contributed by atoms with van der Waals surface area (Å²) in [6.45, 7) is -0.228. The van der Waals surface area contributed by atoms with Crippen LogP contribution in [-0.2, 0) is 6.61 Å². The Morgan fingerprint density at radius 1 is 1.67 bits per heavy atom. The lowest BCUT2D eigenvalue weighted by molar-refractivity contribution is 0.278. The minimum Gasteiger partial charge on any atom is -0.446 e. The fourth-order valence-corrected chi connectivity index (χ4v) is 1.06. The first-order chi connectivity index (χ1) is 5.81. The van der Waals surface area contributed by atoms with Gasteiger partial charge in [-0.15, -0.1) is 0 Å². The molecule has 0 bridgehead atoms. The molecule has 2 N–H and O–H groups in total. The maximum atomic E-state index is 10.8. The highest BCUT2D eigenvalue weighted by molar-refractivity contribution is 5.75. The molecule has 0 radical (unpaired) electrons. The molecule has 2 heterocycles. The van der Waals surface area contributed by atoms with Gasteiger partial charge in [0.05, 0.1) is 24.0 Å². The Morgan fingerprint density at radius 2 is 2.50 bits per heavy atom. The number of furan rings is 1. The number of aliphatic hydroxyl groups excluding tert-OH is 1. The van der Waals surface area contributed by atoms with Gasteiger partial charge in [0.25, 0.3) is 0 Å². The van der Waals surface area contributed by atoms with E-state index in [1.165, 1.54) is 6.26 Å². The van der Waals surface area contributed by atoms with Gasteiger partial charge in [0.2, 0.25) is 5.71 Å². The smallest absolute Gasteiger partial charge is 0.348 e. The van der Waals surface area contributed by atoms with Gasteiger partial charge in [0, 0.05) is 0 Å². The van der Waals surface area contributed by atoms with E-state index < -0.39 is 5.69 Å². The molecule has 0 aliphatic rings. The van der Waals surface area contributed by atoms with Crippen molar-refractivity contribution in [1.82, 2.24) is 9.97 Å². The molecule has 0 aliphatic heterocycles. The molecular weight excluding hydrogens is 160 g/mol. The average Bonchev–Trinajstić information content (AvgIpc) is 2.50.